The fourth-order valence-electron chi connectivity index (χ4n) is 3.00. The number of fused-ring (bicyclic) bond motifs is 1. The SMILES string of the molecule is NCC1(Nc2ccnc3cc(Br)cnc23)CCCCC1. The number of halogens is 1. The molecule has 0 bridgehead atoms. The zero-order valence-corrected chi connectivity index (χ0v) is 13.0. The van der Waals surface area contributed by atoms with Crippen molar-refractivity contribution in [2.45, 2.75) is 37.6 Å². The van der Waals surface area contributed by atoms with Crippen LogP contribution in [0.15, 0.2) is 29.0 Å². The lowest BCUT2D eigenvalue weighted by molar-refractivity contribution is 0.331. The summed E-state index contributed by atoms with van der Waals surface area (Å²) in [5, 5.41) is 3.66. The number of nitrogens with one attached hydrogen (secondary N) is 1. The first-order valence-corrected chi connectivity index (χ1v) is 7.90. The molecule has 1 aliphatic rings. The minimum Gasteiger partial charge on any atom is -0.376 e. The molecule has 0 radical (unpaired) electrons. The summed E-state index contributed by atoms with van der Waals surface area (Å²) in [5.41, 5.74) is 8.91. The van der Waals surface area contributed by atoms with Crippen molar-refractivity contribution in [2.24, 2.45) is 5.73 Å². The minimum atomic E-state index is 0.0152. The number of hydrogen-bond donors (Lipinski definition) is 2. The Balaban J connectivity index is 1.97. The summed E-state index contributed by atoms with van der Waals surface area (Å²) < 4.78 is 0.945. The predicted octanol–water partition coefficient (Wildman–Crippen LogP) is 3.47. The molecule has 3 rings (SSSR count). The molecule has 1 aliphatic carbocycles. The molecule has 0 aliphatic heterocycles. The average molecular weight is 335 g/mol. The highest BCUT2D eigenvalue weighted by Crippen LogP contribution is 2.33. The maximum atomic E-state index is 6.05. The topological polar surface area (TPSA) is 63.8 Å². The van der Waals surface area contributed by atoms with E-state index in [1.807, 2.05) is 24.5 Å². The molecule has 3 N–H and O–H groups in total. The van der Waals surface area contributed by atoms with Gasteiger partial charge in [-0.05, 0) is 40.9 Å². The lowest BCUT2D eigenvalue weighted by Crippen LogP contribution is -2.47. The van der Waals surface area contributed by atoms with Gasteiger partial charge in [0.15, 0.2) is 0 Å². The van der Waals surface area contributed by atoms with Gasteiger partial charge in [0.1, 0.15) is 5.52 Å². The molecule has 2 aromatic rings. The summed E-state index contributed by atoms with van der Waals surface area (Å²) in [6, 6.07) is 3.98. The van der Waals surface area contributed by atoms with Gasteiger partial charge in [-0.3, -0.25) is 9.97 Å². The Morgan fingerprint density at radius 1 is 1.25 bits per heavy atom. The van der Waals surface area contributed by atoms with Gasteiger partial charge >= 0.3 is 0 Å². The molecule has 4 nitrogen and oxygen atoms in total. The van der Waals surface area contributed by atoms with E-state index in [-0.39, 0.29) is 5.54 Å². The van der Waals surface area contributed by atoms with Crippen molar-refractivity contribution >= 4 is 32.7 Å². The summed E-state index contributed by atoms with van der Waals surface area (Å²) in [6.07, 6.45) is 9.69. The van der Waals surface area contributed by atoms with Gasteiger partial charge < -0.3 is 11.1 Å². The molecule has 20 heavy (non-hydrogen) atoms. The lowest BCUT2D eigenvalue weighted by atomic mass is 9.81. The van der Waals surface area contributed by atoms with Crippen LogP contribution in [0.1, 0.15) is 32.1 Å². The number of pyridine rings is 2. The van der Waals surface area contributed by atoms with Crippen molar-refractivity contribution in [1.29, 1.82) is 0 Å². The molecule has 0 aromatic carbocycles. The second-order valence-electron chi connectivity index (χ2n) is 5.55. The molecule has 1 fully saturated rings. The fraction of sp³-hybridized carbons (Fsp3) is 0.467. The first-order chi connectivity index (χ1) is 9.72. The molecule has 0 atom stereocenters. The van der Waals surface area contributed by atoms with Crippen LogP contribution in [0.4, 0.5) is 5.69 Å². The molecule has 0 amide bonds. The maximum absolute atomic E-state index is 6.05. The van der Waals surface area contributed by atoms with Gasteiger partial charge in [-0.15, -0.1) is 0 Å². The summed E-state index contributed by atoms with van der Waals surface area (Å²) in [4.78, 5) is 8.88. The summed E-state index contributed by atoms with van der Waals surface area (Å²) in [6.45, 7) is 0.660. The van der Waals surface area contributed by atoms with Crippen molar-refractivity contribution < 1.29 is 0 Å². The monoisotopic (exact) mass is 334 g/mol. The van der Waals surface area contributed by atoms with Crippen LogP contribution in [0.5, 0.6) is 0 Å². The molecule has 0 saturated heterocycles. The van der Waals surface area contributed by atoms with E-state index >= 15 is 0 Å². The number of nitrogens with two attached hydrogens (primary N) is 1. The molecular weight excluding hydrogens is 316 g/mol. The summed E-state index contributed by atoms with van der Waals surface area (Å²) in [5.74, 6) is 0. The Labute approximate surface area is 127 Å². The molecule has 106 valence electrons. The van der Waals surface area contributed by atoms with Gasteiger partial charge in [0.05, 0.1) is 11.2 Å². The van der Waals surface area contributed by atoms with Crippen LogP contribution in [0.2, 0.25) is 0 Å². The van der Waals surface area contributed by atoms with Crippen LogP contribution in [0, 0.1) is 0 Å². The maximum Gasteiger partial charge on any atom is 0.112 e. The Bertz CT molecular complexity index is 608. The van der Waals surface area contributed by atoms with Crippen LogP contribution in [-0.2, 0) is 0 Å². The Kier molecular flexibility index (Phi) is 3.89. The van der Waals surface area contributed by atoms with Crippen LogP contribution in [0.3, 0.4) is 0 Å². The summed E-state index contributed by atoms with van der Waals surface area (Å²) >= 11 is 3.44. The van der Waals surface area contributed by atoms with Crippen molar-refractivity contribution in [3.63, 3.8) is 0 Å². The normalized spacial score (nSPS) is 18.1. The summed E-state index contributed by atoms with van der Waals surface area (Å²) in [7, 11) is 0. The molecule has 5 heteroatoms. The van der Waals surface area contributed by atoms with Crippen LogP contribution in [-0.4, -0.2) is 22.1 Å². The van der Waals surface area contributed by atoms with Crippen LogP contribution >= 0.6 is 15.9 Å². The van der Waals surface area contributed by atoms with Gasteiger partial charge in [0.2, 0.25) is 0 Å². The van der Waals surface area contributed by atoms with Crippen molar-refractivity contribution in [1.82, 2.24) is 9.97 Å². The van der Waals surface area contributed by atoms with Crippen molar-refractivity contribution in [2.75, 3.05) is 11.9 Å². The molecular formula is C15H19BrN4. The second-order valence-corrected chi connectivity index (χ2v) is 6.47. The van der Waals surface area contributed by atoms with E-state index in [4.69, 9.17) is 5.73 Å². The van der Waals surface area contributed by atoms with E-state index in [1.54, 1.807) is 0 Å². The van der Waals surface area contributed by atoms with E-state index in [1.165, 1.54) is 19.3 Å². The highest BCUT2D eigenvalue weighted by molar-refractivity contribution is 9.10. The predicted molar refractivity (Wildman–Crippen MR) is 85.7 cm³/mol. The highest BCUT2D eigenvalue weighted by Gasteiger charge is 2.30. The third-order valence-corrected chi connectivity index (χ3v) is 4.58. The van der Waals surface area contributed by atoms with Gasteiger partial charge in [0, 0.05) is 29.0 Å². The van der Waals surface area contributed by atoms with Crippen LogP contribution < -0.4 is 11.1 Å². The van der Waals surface area contributed by atoms with E-state index < -0.39 is 0 Å². The zero-order valence-electron chi connectivity index (χ0n) is 11.4. The van der Waals surface area contributed by atoms with Crippen molar-refractivity contribution in [3.05, 3.63) is 29.0 Å². The minimum absolute atomic E-state index is 0.0152. The van der Waals surface area contributed by atoms with E-state index in [0.717, 1.165) is 34.0 Å². The van der Waals surface area contributed by atoms with Gasteiger partial charge in [-0.1, -0.05) is 19.3 Å². The second kappa shape index (κ2) is 5.66. The Morgan fingerprint density at radius 2 is 2.05 bits per heavy atom. The third-order valence-electron chi connectivity index (χ3n) is 4.15. The first-order valence-electron chi connectivity index (χ1n) is 7.11. The first kappa shape index (κ1) is 13.8. The number of hydrogen-bond acceptors (Lipinski definition) is 4. The third kappa shape index (κ3) is 2.65. The smallest absolute Gasteiger partial charge is 0.112 e. The number of nitrogens with zero attached hydrogens (tertiary/aromatic N) is 2. The standard InChI is InChI=1S/C15H19BrN4/c16-11-8-13-14(19-9-11)12(4-7-18-13)20-15(10-17)5-2-1-3-6-15/h4,7-9H,1-3,5-6,10,17H2,(H,18,20). The number of aromatic nitrogens is 2. The van der Waals surface area contributed by atoms with Gasteiger partial charge in [0.25, 0.3) is 0 Å². The molecule has 0 spiro atoms. The molecule has 0 unspecified atom stereocenters. The largest absolute Gasteiger partial charge is 0.376 e. The Morgan fingerprint density at radius 3 is 2.80 bits per heavy atom. The average Bonchev–Trinajstić information content (AvgIpc) is 2.48. The van der Waals surface area contributed by atoms with E-state index in [9.17, 15) is 0 Å². The van der Waals surface area contributed by atoms with Gasteiger partial charge in [-0.2, -0.15) is 0 Å². The van der Waals surface area contributed by atoms with E-state index in [2.05, 4.69) is 31.2 Å². The van der Waals surface area contributed by atoms with Crippen molar-refractivity contribution in [3.8, 4) is 0 Å². The molecule has 1 saturated carbocycles. The molecule has 2 heterocycles. The van der Waals surface area contributed by atoms with Crippen LogP contribution in [0.25, 0.3) is 11.0 Å². The quantitative estimate of drug-likeness (QED) is 0.902. The molecule has 2 aromatic heterocycles. The lowest BCUT2D eigenvalue weighted by Gasteiger charge is -2.38. The number of rotatable bonds is 3. The zero-order chi connectivity index (χ0) is 14.0. The highest BCUT2D eigenvalue weighted by atomic mass is 79.9. The Hall–Kier alpha value is -1.20. The van der Waals surface area contributed by atoms with Gasteiger partial charge in [-0.25, -0.2) is 0 Å². The van der Waals surface area contributed by atoms with E-state index in [0.29, 0.717) is 6.54 Å². The number of anilines is 1. The fourth-order valence-corrected chi connectivity index (χ4v) is 3.32.